The summed E-state index contributed by atoms with van der Waals surface area (Å²) in [7, 11) is -4.50. The Balaban J connectivity index is 0.943. The fraction of sp³-hybridized carbons (Fsp3) is 0.167. The van der Waals surface area contributed by atoms with Crippen LogP contribution in [0.15, 0.2) is 79.1 Å². The smallest absolute Gasteiger partial charge is 0.304 e. The summed E-state index contributed by atoms with van der Waals surface area (Å²) in [5.74, 6) is -1.14. The van der Waals surface area contributed by atoms with E-state index < -0.39 is 21.8 Å². The molecule has 0 amide bonds. The van der Waals surface area contributed by atoms with E-state index in [2.05, 4.69) is 10.2 Å². The maximum atomic E-state index is 15.7. The van der Waals surface area contributed by atoms with Gasteiger partial charge in [0.15, 0.2) is 38.4 Å². The van der Waals surface area contributed by atoms with E-state index in [0.717, 1.165) is 28.9 Å². The number of hydrogen-bond donors (Lipinski definition) is 1. The topological polar surface area (TPSA) is 116 Å². The Morgan fingerprint density at radius 3 is 1.78 bits per heavy atom. The van der Waals surface area contributed by atoms with Crippen molar-refractivity contribution >= 4 is 134 Å². The number of nitrogens with zero attached hydrogens (tertiary/aromatic N) is 4. The number of allylic oxidation sites excluding steroid dienone is 2. The normalized spacial score (nSPS) is 13.2. The van der Waals surface area contributed by atoms with Crippen molar-refractivity contribution in [2.75, 3.05) is 0 Å². The number of hydrogen-bond acceptors (Lipinski definition) is 8. The van der Waals surface area contributed by atoms with E-state index in [9.17, 15) is 13.0 Å². The van der Waals surface area contributed by atoms with Crippen molar-refractivity contribution < 1.29 is 30.6 Å². The van der Waals surface area contributed by atoms with Gasteiger partial charge in [-0.3, -0.25) is 4.55 Å². The van der Waals surface area contributed by atoms with Crippen LogP contribution in [0.5, 0.6) is 0 Å². The second-order valence-corrected chi connectivity index (χ2v) is 17.5. The Labute approximate surface area is 333 Å². The zero-order valence-electron chi connectivity index (χ0n) is 27.5. The van der Waals surface area contributed by atoms with Gasteiger partial charge >= 0.3 is 10.1 Å². The van der Waals surface area contributed by atoms with Gasteiger partial charge in [0.25, 0.3) is 0 Å². The quantitative estimate of drug-likeness (QED) is 0.0960. The first-order valence-corrected chi connectivity index (χ1v) is 21.0. The lowest BCUT2D eigenvalue weighted by Gasteiger charge is -2.05. The Bertz CT molecular complexity index is 2920. The number of fused-ring (bicyclic) bond motifs is 6. The van der Waals surface area contributed by atoms with Crippen LogP contribution in [0.3, 0.4) is 0 Å². The molecule has 18 heteroatoms. The first-order valence-electron chi connectivity index (χ1n) is 16.3. The molecule has 9 nitrogen and oxygen atoms in total. The molecule has 0 saturated carbocycles. The molecule has 0 bridgehead atoms. The van der Waals surface area contributed by atoms with Crippen LogP contribution >= 0.6 is 69.1 Å². The minimum atomic E-state index is -4.50. The highest BCUT2D eigenvalue weighted by molar-refractivity contribution is 7.88. The van der Waals surface area contributed by atoms with Crippen molar-refractivity contribution in [1.82, 2.24) is 19.6 Å². The summed E-state index contributed by atoms with van der Waals surface area (Å²) in [6.07, 6.45) is 6.66. The van der Waals surface area contributed by atoms with Gasteiger partial charge in [0, 0.05) is 16.1 Å². The zero-order chi connectivity index (χ0) is 37.9. The van der Waals surface area contributed by atoms with Crippen molar-refractivity contribution in [3.8, 4) is 11.4 Å². The van der Waals surface area contributed by atoms with Crippen LogP contribution in [0.4, 0.5) is 8.78 Å². The van der Waals surface area contributed by atoms with Gasteiger partial charge in [-0.2, -0.15) is 18.6 Å². The number of halogens is 6. The number of furan rings is 2. The van der Waals surface area contributed by atoms with Crippen LogP contribution in [0, 0.1) is 0 Å². The second-order valence-electron chi connectivity index (χ2n) is 12.2. The molecule has 0 unspecified atom stereocenters. The SMILES string of the molecule is O=S(=O)(O)c1cc2oc3c(C(F)=CCCCCCCC=C(F)c4nn(-c5ccc(Cl)cc5Cl)c5c4oc4ccsc45)nn(-c4ccc(Cl)cc4Cl)c3c2s1. The molecule has 0 aliphatic carbocycles. The van der Waals surface area contributed by atoms with Gasteiger partial charge in [-0.05, 0) is 85.7 Å². The highest BCUT2D eigenvalue weighted by Crippen LogP contribution is 2.43. The number of benzene rings is 2. The molecule has 0 aliphatic heterocycles. The minimum Gasteiger partial charge on any atom is -0.451 e. The number of unbranched alkanes of at least 4 members (excludes halogenated alkanes) is 5. The van der Waals surface area contributed by atoms with Gasteiger partial charge in [-0.25, -0.2) is 18.1 Å². The Kier molecular flexibility index (Phi) is 10.2. The standard InChI is InChI=1S/C36H24Cl4F2N4O5S3/c37-18-9-11-24(20(39)15-18)45-31-33(50-26-13-14-52-35(26)31)29(43-45)22(41)7-5-3-1-2-4-6-8-23(42)30-34-32(36-27(51-34)17-28(53-36)54(47,48)49)46(44-30)25-12-10-19(38)16-21(25)40/h7-17H,1-6H2,(H,47,48,49). The Hall–Kier alpha value is -3.73. The molecule has 0 spiro atoms. The third-order valence-corrected chi connectivity index (χ3v) is 13.0. The Morgan fingerprint density at radius 1 is 0.741 bits per heavy atom. The maximum absolute atomic E-state index is 15.7. The molecule has 0 atom stereocenters. The van der Waals surface area contributed by atoms with Crippen LogP contribution in [-0.2, 0) is 10.1 Å². The van der Waals surface area contributed by atoms with Gasteiger partial charge in [-0.1, -0.05) is 59.2 Å². The van der Waals surface area contributed by atoms with E-state index in [1.165, 1.54) is 40.3 Å². The molecule has 278 valence electrons. The summed E-state index contributed by atoms with van der Waals surface area (Å²) in [5.41, 5.74) is 3.05. The number of thiophene rings is 2. The van der Waals surface area contributed by atoms with Gasteiger partial charge in [0.05, 0.1) is 26.1 Å². The average molecular weight is 869 g/mol. The van der Waals surface area contributed by atoms with E-state index in [1.54, 1.807) is 35.0 Å². The van der Waals surface area contributed by atoms with E-state index in [-0.39, 0.29) is 31.8 Å². The summed E-state index contributed by atoms with van der Waals surface area (Å²) in [6.45, 7) is 0. The summed E-state index contributed by atoms with van der Waals surface area (Å²) >= 11 is 27.4. The summed E-state index contributed by atoms with van der Waals surface area (Å²) in [5, 5.41) is 12.3. The average Bonchev–Trinajstić information content (AvgIpc) is 3.94. The van der Waals surface area contributed by atoms with Gasteiger partial charge in [0.1, 0.15) is 26.9 Å². The lowest BCUT2D eigenvalue weighted by atomic mass is 10.1. The lowest BCUT2D eigenvalue weighted by Crippen LogP contribution is -1.98. The zero-order valence-corrected chi connectivity index (χ0v) is 32.9. The molecular weight excluding hydrogens is 844 g/mol. The first kappa shape index (κ1) is 37.2. The third kappa shape index (κ3) is 6.87. The predicted octanol–water partition coefficient (Wildman–Crippen LogP) is 13.5. The fourth-order valence-electron chi connectivity index (χ4n) is 6.15. The van der Waals surface area contributed by atoms with Gasteiger partial charge in [0.2, 0.25) is 0 Å². The number of aromatic nitrogens is 4. The molecule has 8 aromatic rings. The molecule has 0 aliphatic rings. The third-order valence-electron chi connectivity index (χ3n) is 8.63. The molecule has 1 N–H and O–H groups in total. The first-order chi connectivity index (χ1) is 25.9. The minimum absolute atomic E-state index is 0.0836. The van der Waals surface area contributed by atoms with Crippen LogP contribution < -0.4 is 0 Å². The summed E-state index contributed by atoms with van der Waals surface area (Å²) in [4.78, 5) is 0. The largest absolute Gasteiger partial charge is 0.451 e. The summed E-state index contributed by atoms with van der Waals surface area (Å²) in [6, 6.07) is 12.7. The monoisotopic (exact) mass is 866 g/mol. The van der Waals surface area contributed by atoms with Crippen LogP contribution in [0.2, 0.25) is 20.1 Å². The van der Waals surface area contributed by atoms with E-state index in [4.69, 9.17) is 55.2 Å². The molecule has 6 aromatic heterocycles. The van der Waals surface area contributed by atoms with Gasteiger partial charge in [-0.15, -0.1) is 22.7 Å². The summed E-state index contributed by atoms with van der Waals surface area (Å²) < 4.78 is 80.2. The molecule has 0 fully saturated rings. The van der Waals surface area contributed by atoms with Crippen molar-refractivity contribution in [2.24, 2.45) is 0 Å². The van der Waals surface area contributed by atoms with Crippen molar-refractivity contribution in [3.05, 3.63) is 97.5 Å². The van der Waals surface area contributed by atoms with Crippen LogP contribution in [0.1, 0.15) is 49.9 Å². The van der Waals surface area contributed by atoms with Crippen LogP contribution in [-0.4, -0.2) is 32.5 Å². The van der Waals surface area contributed by atoms with E-state index >= 15 is 8.78 Å². The lowest BCUT2D eigenvalue weighted by molar-refractivity contribution is 0.485. The maximum Gasteiger partial charge on any atom is 0.304 e. The second kappa shape index (κ2) is 14.7. The molecule has 6 heterocycles. The van der Waals surface area contributed by atoms with E-state index in [0.29, 0.717) is 79.0 Å². The Morgan fingerprint density at radius 2 is 1.26 bits per heavy atom. The van der Waals surface area contributed by atoms with Crippen LogP contribution in [0.25, 0.3) is 65.8 Å². The molecule has 8 rings (SSSR count). The molecule has 54 heavy (non-hydrogen) atoms. The van der Waals surface area contributed by atoms with Crippen molar-refractivity contribution in [1.29, 1.82) is 0 Å². The van der Waals surface area contributed by atoms with Crippen molar-refractivity contribution in [2.45, 2.75) is 42.7 Å². The highest BCUT2D eigenvalue weighted by Gasteiger charge is 2.28. The van der Waals surface area contributed by atoms with Gasteiger partial charge < -0.3 is 8.83 Å². The molecule has 0 radical (unpaired) electrons. The predicted molar refractivity (Wildman–Crippen MR) is 213 cm³/mol. The van der Waals surface area contributed by atoms with E-state index in [1.807, 2.05) is 11.4 Å². The molecular formula is C36H24Cl4F2N4O5S3. The highest BCUT2D eigenvalue weighted by atomic mass is 35.5. The molecule has 0 saturated heterocycles. The fourth-order valence-corrected chi connectivity index (χ4v) is 9.74. The van der Waals surface area contributed by atoms with Crippen molar-refractivity contribution in [3.63, 3.8) is 0 Å². The number of rotatable bonds is 12. The molecule has 2 aromatic carbocycles.